The maximum atomic E-state index is 12.8. The molecule has 2 heterocycles. The number of aromatic nitrogens is 1. The summed E-state index contributed by atoms with van der Waals surface area (Å²) in [5.41, 5.74) is 0. The van der Waals surface area contributed by atoms with Crippen LogP contribution in [0, 0.1) is 11.8 Å². The lowest BCUT2D eigenvalue weighted by Crippen LogP contribution is -2.40. The van der Waals surface area contributed by atoms with Crippen LogP contribution in [0.5, 0.6) is 0 Å². The Morgan fingerprint density at radius 2 is 2.12 bits per heavy atom. The summed E-state index contributed by atoms with van der Waals surface area (Å²) in [7, 11) is 0. The van der Waals surface area contributed by atoms with E-state index in [1.54, 1.807) is 17.5 Å². The first kappa shape index (κ1) is 18.4. The summed E-state index contributed by atoms with van der Waals surface area (Å²) in [5.74, 6) is 0.413. The maximum absolute atomic E-state index is 12.8. The normalized spacial score (nSPS) is 23.2. The third kappa shape index (κ3) is 4.60. The summed E-state index contributed by atoms with van der Waals surface area (Å²) in [4.78, 5) is 31.6. The second-order valence-electron chi connectivity index (χ2n) is 7.80. The zero-order chi connectivity index (χ0) is 17.8. The van der Waals surface area contributed by atoms with Crippen LogP contribution in [0.15, 0.2) is 11.6 Å². The van der Waals surface area contributed by atoms with Gasteiger partial charge in [0.1, 0.15) is 5.01 Å². The first-order chi connectivity index (χ1) is 12.0. The lowest BCUT2D eigenvalue weighted by molar-refractivity contribution is -0.130. The molecule has 2 aliphatic rings. The van der Waals surface area contributed by atoms with Crippen molar-refractivity contribution < 1.29 is 9.59 Å². The minimum atomic E-state index is -0.218. The number of hydrogen-bond acceptors (Lipinski definition) is 4. The van der Waals surface area contributed by atoms with E-state index >= 15 is 0 Å². The molecule has 1 saturated heterocycles. The van der Waals surface area contributed by atoms with Crippen LogP contribution in [0.2, 0.25) is 0 Å². The minimum Gasteiger partial charge on any atom is -0.347 e. The molecule has 3 rings (SSSR count). The Labute approximate surface area is 154 Å². The molecule has 1 N–H and O–H groups in total. The molecule has 2 unspecified atom stereocenters. The van der Waals surface area contributed by atoms with Crippen molar-refractivity contribution in [2.75, 3.05) is 6.54 Å². The highest BCUT2D eigenvalue weighted by Crippen LogP contribution is 2.30. The summed E-state index contributed by atoms with van der Waals surface area (Å²) in [6, 6.07) is 0.302. The van der Waals surface area contributed by atoms with Gasteiger partial charge in [0.05, 0.1) is 12.0 Å². The van der Waals surface area contributed by atoms with Gasteiger partial charge in [0.25, 0.3) is 0 Å². The van der Waals surface area contributed by atoms with Crippen molar-refractivity contribution in [3.63, 3.8) is 0 Å². The van der Waals surface area contributed by atoms with Crippen LogP contribution >= 0.6 is 11.3 Å². The number of nitrogens with zero attached hydrogens (tertiary/aromatic N) is 2. The molecule has 0 radical (unpaired) electrons. The summed E-state index contributed by atoms with van der Waals surface area (Å²) >= 11 is 1.58. The predicted octanol–water partition coefficient (Wildman–Crippen LogP) is 3.53. The largest absolute Gasteiger partial charge is 0.347 e. The fourth-order valence-corrected chi connectivity index (χ4v) is 4.74. The van der Waals surface area contributed by atoms with Crippen molar-refractivity contribution in [2.24, 2.45) is 11.8 Å². The van der Waals surface area contributed by atoms with Crippen LogP contribution in [0.4, 0.5) is 0 Å². The molecule has 0 aromatic carbocycles. The van der Waals surface area contributed by atoms with Crippen molar-refractivity contribution in [3.05, 3.63) is 16.6 Å². The molecule has 5 nitrogen and oxygen atoms in total. The molecule has 1 aromatic rings. The van der Waals surface area contributed by atoms with Crippen LogP contribution in [0.3, 0.4) is 0 Å². The highest BCUT2D eigenvalue weighted by atomic mass is 32.1. The van der Waals surface area contributed by atoms with Crippen molar-refractivity contribution in [2.45, 2.75) is 70.9 Å². The molecule has 1 saturated carbocycles. The monoisotopic (exact) mass is 363 g/mol. The van der Waals surface area contributed by atoms with Crippen LogP contribution in [-0.2, 0) is 9.59 Å². The summed E-state index contributed by atoms with van der Waals surface area (Å²) in [6.07, 6.45) is 8.86. The van der Waals surface area contributed by atoms with E-state index in [2.05, 4.69) is 24.1 Å². The van der Waals surface area contributed by atoms with E-state index in [0.29, 0.717) is 24.9 Å². The van der Waals surface area contributed by atoms with E-state index in [4.69, 9.17) is 0 Å². The van der Waals surface area contributed by atoms with Crippen molar-refractivity contribution in [3.8, 4) is 0 Å². The average molecular weight is 364 g/mol. The highest BCUT2D eigenvalue weighted by Gasteiger charge is 2.38. The number of hydrogen-bond donors (Lipinski definition) is 1. The SMILES string of the molecule is CC(C)CC(NC(=O)C1CC(=O)N(C2CCCCC2)C1)c1nccs1. The van der Waals surface area contributed by atoms with Gasteiger partial charge in [-0.3, -0.25) is 9.59 Å². The first-order valence-electron chi connectivity index (χ1n) is 9.54. The highest BCUT2D eigenvalue weighted by molar-refractivity contribution is 7.09. The molecule has 0 spiro atoms. The van der Waals surface area contributed by atoms with Crippen LogP contribution < -0.4 is 5.32 Å². The van der Waals surface area contributed by atoms with Crippen LogP contribution in [0.25, 0.3) is 0 Å². The second-order valence-corrected chi connectivity index (χ2v) is 8.73. The molecule has 6 heteroatoms. The van der Waals surface area contributed by atoms with E-state index in [1.165, 1.54) is 19.3 Å². The van der Waals surface area contributed by atoms with Gasteiger partial charge in [0, 0.05) is 30.6 Å². The Morgan fingerprint density at radius 3 is 2.76 bits per heavy atom. The van der Waals surface area contributed by atoms with Crippen molar-refractivity contribution in [1.82, 2.24) is 15.2 Å². The maximum Gasteiger partial charge on any atom is 0.225 e. The van der Waals surface area contributed by atoms with Gasteiger partial charge >= 0.3 is 0 Å². The number of carbonyl (C=O) groups is 2. The Bertz CT molecular complexity index is 581. The summed E-state index contributed by atoms with van der Waals surface area (Å²) < 4.78 is 0. The van der Waals surface area contributed by atoms with E-state index < -0.39 is 0 Å². The number of carbonyl (C=O) groups excluding carboxylic acids is 2. The smallest absolute Gasteiger partial charge is 0.225 e. The number of amides is 2. The first-order valence-corrected chi connectivity index (χ1v) is 10.4. The lowest BCUT2D eigenvalue weighted by atomic mass is 9.94. The molecular weight excluding hydrogens is 334 g/mol. The predicted molar refractivity (Wildman–Crippen MR) is 99.1 cm³/mol. The van der Waals surface area contributed by atoms with Gasteiger partial charge in [0.15, 0.2) is 0 Å². The molecule has 2 fully saturated rings. The molecule has 25 heavy (non-hydrogen) atoms. The van der Waals surface area contributed by atoms with Gasteiger partial charge in [-0.25, -0.2) is 4.98 Å². The van der Waals surface area contributed by atoms with Crippen molar-refractivity contribution >= 4 is 23.2 Å². The lowest BCUT2D eigenvalue weighted by Gasteiger charge is -2.31. The average Bonchev–Trinajstić information content (AvgIpc) is 3.24. The fourth-order valence-electron chi connectivity index (χ4n) is 4.04. The zero-order valence-corrected chi connectivity index (χ0v) is 16.1. The van der Waals surface area contributed by atoms with Crippen LogP contribution in [-0.4, -0.2) is 34.3 Å². The Hall–Kier alpha value is -1.43. The van der Waals surface area contributed by atoms with Gasteiger partial charge in [-0.2, -0.15) is 0 Å². The van der Waals surface area contributed by atoms with Gasteiger partial charge in [0.2, 0.25) is 11.8 Å². The van der Waals surface area contributed by atoms with E-state index in [1.807, 2.05) is 10.3 Å². The van der Waals surface area contributed by atoms with Crippen LogP contribution in [0.1, 0.15) is 69.8 Å². The Balaban J connectivity index is 1.61. The number of thiazole rings is 1. The minimum absolute atomic E-state index is 0.00695. The molecule has 2 atom stereocenters. The van der Waals surface area contributed by atoms with Crippen molar-refractivity contribution in [1.29, 1.82) is 0 Å². The topological polar surface area (TPSA) is 62.3 Å². The quantitative estimate of drug-likeness (QED) is 0.841. The fraction of sp³-hybridized carbons (Fsp3) is 0.737. The number of likely N-dealkylation sites (tertiary alicyclic amines) is 1. The zero-order valence-electron chi connectivity index (χ0n) is 15.2. The van der Waals surface area contributed by atoms with Gasteiger partial charge in [-0.1, -0.05) is 33.1 Å². The summed E-state index contributed by atoms with van der Waals surface area (Å²) in [5, 5.41) is 6.06. The van der Waals surface area contributed by atoms with E-state index in [0.717, 1.165) is 24.3 Å². The number of rotatable bonds is 6. The van der Waals surface area contributed by atoms with Gasteiger partial charge in [-0.15, -0.1) is 11.3 Å². The molecule has 1 aliphatic heterocycles. The third-order valence-corrected chi connectivity index (χ3v) is 6.21. The molecule has 0 bridgehead atoms. The molecule has 2 amide bonds. The standard InChI is InChI=1S/C19H29N3O2S/c1-13(2)10-16(19-20-8-9-25-19)21-18(24)14-11-17(23)22(12-14)15-6-4-3-5-7-15/h8-9,13-16H,3-7,10-12H2,1-2H3,(H,21,24). The third-order valence-electron chi connectivity index (χ3n) is 5.32. The summed E-state index contributed by atoms with van der Waals surface area (Å²) in [6.45, 7) is 4.88. The van der Waals surface area contributed by atoms with Gasteiger partial charge in [-0.05, 0) is 25.2 Å². The second kappa shape index (κ2) is 8.30. The Kier molecular flexibility index (Phi) is 6.10. The molecule has 1 aromatic heterocycles. The van der Waals surface area contributed by atoms with Gasteiger partial charge < -0.3 is 10.2 Å². The van der Waals surface area contributed by atoms with E-state index in [-0.39, 0.29) is 23.8 Å². The molecule has 138 valence electrons. The van der Waals surface area contributed by atoms with E-state index in [9.17, 15) is 9.59 Å². The molecular formula is C19H29N3O2S. The Morgan fingerprint density at radius 1 is 1.36 bits per heavy atom. The molecule has 1 aliphatic carbocycles. The number of nitrogens with one attached hydrogen (secondary N) is 1.